The summed E-state index contributed by atoms with van der Waals surface area (Å²) in [7, 11) is 0. The van der Waals surface area contributed by atoms with E-state index >= 15 is 0 Å². The molecule has 0 aliphatic carbocycles. The van der Waals surface area contributed by atoms with Gasteiger partial charge in [-0.2, -0.15) is 0 Å². The first-order valence-corrected chi connectivity index (χ1v) is 8.15. The number of hydrogen-bond donors (Lipinski definition) is 3. The van der Waals surface area contributed by atoms with Crippen molar-refractivity contribution in [3.63, 3.8) is 0 Å². The molecule has 6 heteroatoms. The molecule has 2 rings (SSSR count). The summed E-state index contributed by atoms with van der Waals surface area (Å²) in [6.45, 7) is 5.03. The van der Waals surface area contributed by atoms with Crippen LogP contribution in [0.15, 0.2) is 30.3 Å². The van der Waals surface area contributed by atoms with Gasteiger partial charge in [0.25, 0.3) is 5.91 Å². The van der Waals surface area contributed by atoms with Crippen molar-refractivity contribution in [2.75, 3.05) is 0 Å². The van der Waals surface area contributed by atoms with Gasteiger partial charge in [0.1, 0.15) is 11.7 Å². The predicted molar refractivity (Wildman–Crippen MR) is 93.9 cm³/mol. The largest absolute Gasteiger partial charge is 0.480 e. The van der Waals surface area contributed by atoms with Crippen molar-refractivity contribution in [3.05, 3.63) is 58.4 Å². The van der Waals surface area contributed by atoms with Gasteiger partial charge in [0.15, 0.2) is 5.78 Å². The number of rotatable bonds is 7. The molecule has 0 unspecified atom stereocenters. The number of carbonyl (C=O) groups is 3. The van der Waals surface area contributed by atoms with Crippen LogP contribution in [0.2, 0.25) is 0 Å². The lowest BCUT2D eigenvalue weighted by atomic mass is 10.0. The van der Waals surface area contributed by atoms with E-state index in [2.05, 4.69) is 10.3 Å². The third kappa shape index (κ3) is 4.15. The van der Waals surface area contributed by atoms with Crippen LogP contribution in [0.5, 0.6) is 0 Å². The zero-order valence-corrected chi connectivity index (χ0v) is 14.6. The Hall–Kier alpha value is -2.89. The van der Waals surface area contributed by atoms with Gasteiger partial charge in [-0.05, 0) is 31.4 Å². The molecule has 1 amide bonds. The Morgan fingerprint density at radius 2 is 1.84 bits per heavy atom. The first-order chi connectivity index (χ1) is 11.8. The normalized spacial score (nSPS) is 11.8. The van der Waals surface area contributed by atoms with Crippen molar-refractivity contribution >= 4 is 17.7 Å². The average Bonchev–Trinajstić information content (AvgIpc) is 2.91. The van der Waals surface area contributed by atoms with Crippen LogP contribution in [0.25, 0.3) is 0 Å². The molecule has 0 aliphatic heterocycles. The number of Topliss-reactive ketones (excluding diaryl/α,β-unsaturated/α-hetero) is 1. The molecule has 1 atom stereocenters. The summed E-state index contributed by atoms with van der Waals surface area (Å²) in [5.41, 5.74) is 2.81. The van der Waals surface area contributed by atoms with Gasteiger partial charge in [0.2, 0.25) is 0 Å². The van der Waals surface area contributed by atoms with Crippen LogP contribution in [0.3, 0.4) is 0 Å². The number of amides is 1. The quantitative estimate of drug-likeness (QED) is 0.673. The lowest BCUT2D eigenvalue weighted by Crippen LogP contribution is -2.42. The maximum Gasteiger partial charge on any atom is 0.326 e. The van der Waals surface area contributed by atoms with E-state index in [9.17, 15) is 19.5 Å². The highest BCUT2D eigenvalue weighted by molar-refractivity contribution is 6.03. The van der Waals surface area contributed by atoms with Crippen molar-refractivity contribution < 1.29 is 19.5 Å². The Morgan fingerprint density at radius 1 is 1.20 bits per heavy atom. The SMILES string of the molecule is CCc1c(C(=O)N[C@H](Cc2ccccc2)C(=O)O)[nH]c(C)c1C(C)=O. The molecule has 0 aliphatic rings. The van der Waals surface area contributed by atoms with Gasteiger partial charge in [-0.3, -0.25) is 9.59 Å². The fourth-order valence-corrected chi connectivity index (χ4v) is 2.98. The lowest BCUT2D eigenvalue weighted by Gasteiger charge is -2.15. The van der Waals surface area contributed by atoms with Crippen molar-refractivity contribution in [1.82, 2.24) is 10.3 Å². The van der Waals surface area contributed by atoms with Gasteiger partial charge in [0, 0.05) is 17.7 Å². The molecule has 1 aromatic heterocycles. The average molecular weight is 342 g/mol. The first kappa shape index (κ1) is 18.4. The van der Waals surface area contributed by atoms with Crippen LogP contribution in [0.4, 0.5) is 0 Å². The zero-order chi connectivity index (χ0) is 18.6. The lowest BCUT2D eigenvalue weighted by molar-refractivity contribution is -0.139. The number of aromatic amines is 1. The van der Waals surface area contributed by atoms with Crippen molar-refractivity contribution in [1.29, 1.82) is 0 Å². The number of ketones is 1. The predicted octanol–water partition coefficient (Wildman–Crippen LogP) is 2.51. The summed E-state index contributed by atoms with van der Waals surface area (Å²) in [6, 6.07) is 8.05. The Kier molecular flexibility index (Phi) is 5.75. The van der Waals surface area contributed by atoms with E-state index in [1.165, 1.54) is 6.92 Å². The number of benzene rings is 1. The molecular formula is C19H22N2O4. The second kappa shape index (κ2) is 7.79. The third-order valence-corrected chi connectivity index (χ3v) is 4.11. The maximum absolute atomic E-state index is 12.6. The summed E-state index contributed by atoms with van der Waals surface area (Å²) in [5, 5.41) is 12.0. The molecule has 0 saturated heterocycles. The number of aromatic nitrogens is 1. The van der Waals surface area contributed by atoms with Crippen LogP contribution in [0.1, 0.15) is 51.5 Å². The molecule has 1 aromatic carbocycles. The van der Waals surface area contributed by atoms with Gasteiger partial charge >= 0.3 is 5.97 Å². The van der Waals surface area contributed by atoms with Gasteiger partial charge in [-0.25, -0.2) is 4.79 Å². The minimum absolute atomic E-state index is 0.122. The molecule has 1 heterocycles. The Bertz CT molecular complexity index is 793. The van der Waals surface area contributed by atoms with E-state index in [1.807, 2.05) is 37.3 Å². The monoisotopic (exact) mass is 342 g/mol. The molecule has 0 radical (unpaired) electrons. The van der Waals surface area contributed by atoms with E-state index in [0.29, 0.717) is 23.2 Å². The van der Waals surface area contributed by atoms with Gasteiger partial charge in [0.05, 0.1) is 0 Å². The standard InChI is InChI=1S/C19H22N2O4/c1-4-14-16(12(3)22)11(2)20-17(14)18(23)21-15(19(24)25)10-13-8-6-5-7-9-13/h5-9,15,20H,4,10H2,1-3H3,(H,21,23)(H,24,25)/t15-/m1/s1. The van der Waals surface area contributed by atoms with Gasteiger partial charge < -0.3 is 15.4 Å². The topological polar surface area (TPSA) is 99.3 Å². The molecular weight excluding hydrogens is 320 g/mol. The summed E-state index contributed by atoms with van der Waals surface area (Å²) in [4.78, 5) is 38.9. The van der Waals surface area contributed by atoms with Gasteiger partial charge in [-0.1, -0.05) is 37.3 Å². The van der Waals surface area contributed by atoms with E-state index in [1.54, 1.807) is 6.92 Å². The summed E-state index contributed by atoms with van der Waals surface area (Å²) in [5.74, 6) is -1.75. The number of aryl methyl sites for hydroxylation is 1. The van der Waals surface area contributed by atoms with Crippen molar-refractivity contribution in [2.24, 2.45) is 0 Å². The molecule has 25 heavy (non-hydrogen) atoms. The Morgan fingerprint density at radius 3 is 2.36 bits per heavy atom. The molecule has 132 valence electrons. The van der Waals surface area contributed by atoms with Crippen LogP contribution in [0, 0.1) is 6.92 Å². The van der Waals surface area contributed by atoms with E-state index < -0.39 is 17.9 Å². The first-order valence-electron chi connectivity index (χ1n) is 8.15. The molecule has 3 N–H and O–H groups in total. The van der Waals surface area contributed by atoms with Gasteiger partial charge in [-0.15, -0.1) is 0 Å². The van der Waals surface area contributed by atoms with Crippen LogP contribution >= 0.6 is 0 Å². The summed E-state index contributed by atoms with van der Waals surface area (Å²) < 4.78 is 0. The van der Waals surface area contributed by atoms with Crippen LogP contribution in [-0.4, -0.2) is 33.8 Å². The van der Waals surface area contributed by atoms with E-state index in [0.717, 1.165) is 5.56 Å². The highest BCUT2D eigenvalue weighted by Crippen LogP contribution is 2.20. The van der Waals surface area contributed by atoms with Crippen molar-refractivity contribution in [2.45, 2.75) is 39.7 Å². The fraction of sp³-hybridized carbons (Fsp3) is 0.316. The molecule has 2 aromatic rings. The molecule has 6 nitrogen and oxygen atoms in total. The smallest absolute Gasteiger partial charge is 0.326 e. The highest BCUT2D eigenvalue weighted by Gasteiger charge is 2.26. The number of aliphatic carboxylic acids is 1. The Labute approximate surface area is 146 Å². The van der Waals surface area contributed by atoms with Crippen LogP contribution in [-0.2, 0) is 17.6 Å². The number of nitrogens with one attached hydrogen (secondary N) is 2. The number of H-pyrrole nitrogens is 1. The number of carboxylic acid groups (broad SMARTS) is 1. The van der Waals surface area contributed by atoms with E-state index in [4.69, 9.17) is 0 Å². The Balaban J connectivity index is 2.26. The minimum Gasteiger partial charge on any atom is -0.480 e. The van der Waals surface area contributed by atoms with Crippen molar-refractivity contribution in [3.8, 4) is 0 Å². The van der Waals surface area contributed by atoms with E-state index in [-0.39, 0.29) is 17.9 Å². The molecule has 0 spiro atoms. The molecule has 0 fully saturated rings. The van der Waals surface area contributed by atoms with Crippen LogP contribution < -0.4 is 5.32 Å². The molecule has 0 bridgehead atoms. The second-order valence-electron chi connectivity index (χ2n) is 5.94. The third-order valence-electron chi connectivity index (χ3n) is 4.11. The second-order valence-corrected chi connectivity index (χ2v) is 5.94. The zero-order valence-electron chi connectivity index (χ0n) is 14.6. The maximum atomic E-state index is 12.6. The molecule has 0 saturated carbocycles. The summed E-state index contributed by atoms with van der Waals surface area (Å²) in [6.07, 6.45) is 0.682. The minimum atomic E-state index is -1.11. The number of hydrogen-bond acceptors (Lipinski definition) is 3. The number of carbonyl (C=O) groups excluding carboxylic acids is 2. The highest BCUT2D eigenvalue weighted by atomic mass is 16.4. The number of carboxylic acids is 1. The fourth-order valence-electron chi connectivity index (χ4n) is 2.98. The summed E-state index contributed by atoms with van der Waals surface area (Å²) >= 11 is 0.